The van der Waals surface area contributed by atoms with E-state index in [2.05, 4.69) is 75.5 Å². The molecule has 21 heavy (non-hydrogen) atoms. The minimum Gasteiger partial charge on any atom is -0.331 e. The van der Waals surface area contributed by atoms with Gasteiger partial charge in [-0.2, -0.15) is 0 Å². The Labute approximate surface area is 129 Å². The van der Waals surface area contributed by atoms with E-state index in [1.807, 2.05) is 0 Å². The quantitative estimate of drug-likeness (QED) is 0.661. The Morgan fingerprint density at radius 3 is 2.57 bits per heavy atom. The zero-order valence-corrected chi connectivity index (χ0v) is 13.7. The molecule has 0 bridgehead atoms. The van der Waals surface area contributed by atoms with Crippen molar-refractivity contribution in [1.82, 2.24) is 4.98 Å². The molecular formula is C18H20N2S. The number of fused-ring (bicyclic) bond motifs is 1. The molecule has 3 rings (SSSR count). The van der Waals surface area contributed by atoms with Crippen molar-refractivity contribution in [3.05, 3.63) is 53.6 Å². The minimum atomic E-state index is 0.108. The van der Waals surface area contributed by atoms with E-state index in [9.17, 15) is 0 Å². The van der Waals surface area contributed by atoms with Crippen LogP contribution in [0.2, 0.25) is 0 Å². The zero-order chi connectivity index (χ0) is 15.0. The van der Waals surface area contributed by atoms with Crippen LogP contribution in [0, 0.1) is 6.92 Å². The van der Waals surface area contributed by atoms with Gasteiger partial charge in [-0.1, -0.05) is 56.4 Å². The second-order valence-corrected chi connectivity index (χ2v) is 7.44. The average Bonchev–Trinajstić information content (AvgIpc) is 2.79. The summed E-state index contributed by atoms with van der Waals surface area (Å²) in [6, 6.07) is 14.9. The molecule has 0 fully saturated rings. The number of rotatable bonds is 2. The molecule has 0 spiro atoms. The number of anilines is 2. The number of nitrogens with one attached hydrogen (secondary N) is 1. The lowest BCUT2D eigenvalue weighted by Gasteiger charge is -2.22. The third-order valence-corrected chi connectivity index (χ3v) is 4.47. The molecule has 0 atom stereocenters. The van der Waals surface area contributed by atoms with Gasteiger partial charge in [-0.15, -0.1) is 0 Å². The summed E-state index contributed by atoms with van der Waals surface area (Å²) in [6.45, 7) is 8.79. The Balaban J connectivity index is 1.99. The van der Waals surface area contributed by atoms with Crippen LogP contribution in [0.4, 0.5) is 10.8 Å². The molecule has 0 saturated heterocycles. The first-order valence-corrected chi connectivity index (χ1v) is 7.99. The number of hydrogen-bond donors (Lipinski definition) is 1. The van der Waals surface area contributed by atoms with Crippen LogP contribution in [0.1, 0.15) is 31.9 Å². The lowest BCUT2D eigenvalue weighted by molar-refractivity contribution is 0.592. The first-order valence-electron chi connectivity index (χ1n) is 7.17. The molecule has 0 aliphatic carbocycles. The molecule has 1 aromatic heterocycles. The van der Waals surface area contributed by atoms with Gasteiger partial charge in [-0.05, 0) is 41.7 Å². The van der Waals surface area contributed by atoms with E-state index in [4.69, 9.17) is 4.98 Å². The lowest BCUT2D eigenvalue weighted by Crippen LogP contribution is -2.13. The number of aryl methyl sites for hydroxylation is 1. The number of aromatic nitrogens is 1. The molecule has 0 unspecified atom stereocenters. The summed E-state index contributed by atoms with van der Waals surface area (Å²) in [6.07, 6.45) is 0. The van der Waals surface area contributed by atoms with Crippen molar-refractivity contribution in [2.45, 2.75) is 33.1 Å². The predicted molar refractivity (Wildman–Crippen MR) is 92.8 cm³/mol. The molecule has 108 valence electrons. The fourth-order valence-electron chi connectivity index (χ4n) is 2.45. The Morgan fingerprint density at radius 2 is 1.81 bits per heavy atom. The molecule has 3 aromatic rings. The van der Waals surface area contributed by atoms with Crippen molar-refractivity contribution < 1.29 is 0 Å². The molecule has 2 aromatic carbocycles. The standard InChI is InChI=1S/C18H20N2S/c1-12-9-10-16-15(11-12)20-17(21-16)19-14-8-6-5-7-13(14)18(2,3)4/h5-11H,1-4H3,(H,19,20). The maximum Gasteiger partial charge on any atom is 0.188 e. The lowest BCUT2D eigenvalue weighted by atomic mass is 9.86. The second kappa shape index (κ2) is 5.15. The third kappa shape index (κ3) is 2.93. The minimum absolute atomic E-state index is 0.108. The maximum atomic E-state index is 4.70. The summed E-state index contributed by atoms with van der Waals surface area (Å²) in [5.41, 5.74) is 4.86. The van der Waals surface area contributed by atoms with E-state index >= 15 is 0 Å². The van der Waals surface area contributed by atoms with Gasteiger partial charge in [0.05, 0.1) is 10.2 Å². The van der Waals surface area contributed by atoms with Crippen LogP contribution in [-0.2, 0) is 5.41 Å². The van der Waals surface area contributed by atoms with Gasteiger partial charge in [-0.3, -0.25) is 0 Å². The van der Waals surface area contributed by atoms with Crippen LogP contribution < -0.4 is 5.32 Å². The maximum absolute atomic E-state index is 4.70. The molecule has 1 heterocycles. The van der Waals surface area contributed by atoms with Crippen molar-refractivity contribution >= 4 is 32.4 Å². The number of thiazole rings is 1. The first kappa shape index (κ1) is 14.1. The smallest absolute Gasteiger partial charge is 0.188 e. The van der Waals surface area contributed by atoms with Crippen LogP contribution in [0.15, 0.2) is 42.5 Å². The largest absolute Gasteiger partial charge is 0.331 e. The van der Waals surface area contributed by atoms with Gasteiger partial charge in [0, 0.05) is 5.69 Å². The van der Waals surface area contributed by atoms with Crippen LogP contribution in [0.3, 0.4) is 0 Å². The molecule has 0 amide bonds. The highest BCUT2D eigenvalue weighted by Gasteiger charge is 2.18. The highest BCUT2D eigenvalue weighted by atomic mass is 32.1. The van der Waals surface area contributed by atoms with Gasteiger partial charge in [0.25, 0.3) is 0 Å². The van der Waals surface area contributed by atoms with Crippen LogP contribution >= 0.6 is 11.3 Å². The molecule has 0 radical (unpaired) electrons. The summed E-state index contributed by atoms with van der Waals surface area (Å²) in [5.74, 6) is 0. The van der Waals surface area contributed by atoms with Crippen molar-refractivity contribution in [2.75, 3.05) is 5.32 Å². The number of nitrogens with zero attached hydrogens (tertiary/aromatic N) is 1. The van der Waals surface area contributed by atoms with Crippen LogP contribution in [0.25, 0.3) is 10.2 Å². The highest BCUT2D eigenvalue weighted by Crippen LogP contribution is 2.34. The van der Waals surface area contributed by atoms with E-state index in [0.717, 1.165) is 16.3 Å². The second-order valence-electron chi connectivity index (χ2n) is 6.41. The fraction of sp³-hybridized carbons (Fsp3) is 0.278. The third-order valence-electron chi connectivity index (χ3n) is 3.52. The molecule has 3 heteroatoms. The summed E-state index contributed by atoms with van der Waals surface area (Å²) in [4.78, 5) is 4.70. The summed E-state index contributed by atoms with van der Waals surface area (Å²) >= 11 is 1.70. The van der Waals surface area contributed by atoms with E-state index < -0.39 is 0 Å². The van der Waals surface area contributed by atoms with E-state index in [1.165, 1.54) is 15.8 Å². The first-order chi connectivity index (χ1) is 9.93. The van der Waals surface area contributed by atoms with Crippen molar-refractivity contribution in [2.24, 2.45) is 0 Å². The van der Waals surface area contributed by atoms with Crippen molar-refractivity contribution in [1.29, 1.82) is 0 Å². The summed E-state index contributed by atoms with van der Waals surface area (Å²) in [7, 11) is 0. The molecule has 0 aliphatic rings. The average molecular weight is 296 g/mol. The van der Waals surface area contributed by atoms with Crippen molar-refractivity contribution in [3.63, 3.8) is 0 Å². The molecule has 0 aliphatic heterocycles. The van der Waals surface area contributed by atoms with Gasteiger partial charge in [0.2, 0.25) is 0 Å². The van der Waals surface area contributed by atoms with E-state index in [0.29, 0.717) is 0 Å². The Morgan fingerprint density at radius 1 is 1.05 bits per heavy atom. The molecule has 0 saturated carbocycles. The normalized spacial score (nSPS) is 11.8. The number of hydrogen-bond acceptors (Lipinski definition) is 3. The Hall–Kier alpha value is -1.87. The molecule has 2 nitrogen and oxygen atoms in total. The Bertz CT molecular complexity index is 781. The van der Waals surface area contributed by atoms with Gasteiger partial charge >= 0.3 is 0 Å². The van der Waals surface area contributed by atoms with Crippen LogP contribution in [-0.4, -0.2) is 4.98 Å². The number of para-hydroxylation sites is 1. The number of benzene rings is 2. The molecule has 1 N–H and O–H groups in total. The topological polar surface area (TPSA) is 24.9 Å². The monoisotopic (exact) mass is 296 g/mol. The summed E-state index contributed by atoms with van der Waals surface area (Å²) < 4.78 is 1.22. The van der Waals surface area contributed by atoms with Gasteiger partial charge in [-0.25, -0.2) is 4.98 Å². The van der Waals surface area contributed by atoms with Crippen LogP contribution in [0.5, 0.6) is 0 Å². The predicted octanol–water partition coefficient (Wildman–Crippen LogP) is 5.65. The highest BCUT2D eigenvalue weighted by molar-refractivity contribution is 7.22. The van der Waals surface area contributed by atoms with E-state index in [1.54, 1.807) is 11.3 Å². The van der Waals surface area contributed by atoms with E-state index in [-0.39, 0.29) is 5.41 Å². The van der Waals surface area contributed by atoms with Gasteiger partial charge in [0.1, 0.15) is 0 Å². The SMILES string of the molecule is Cc1ccc2sc(Nc3ccccc3C(C)(C)C)nc2c1. The zero-order valence-electron chi connectivity index (χ0n) is 12.9. The van der Waals surface area contributed by atoms with Gasteiger partial charge < -0.3 is 5.32 Å². The van der Waals surface area contributed by atoms with Crippen molar-refractivity contribution in [3.8, 4) is 0 Å². The summed E-state index contributed by atoms with van der Waals surface area (Å²) in [5, 5.41) is 4.45. The Kier molecular flexibility index (Phi) is 3.46. The van der Waals surface area contributed by atoms with Gasteiger partial charge in [0.15, 0.2) is 5.13 Å². The fourth-order valence-corrected chi connectivity index (χ4v) is 3.31. The molecular weight excluding hydrogens is 276 g/mol.